The highest BCUT2D eigenvalue weighted by atomic mass is 16.5. The Balaban J connectivity index is 1.90. The van der Waals surface area contributed by atoms with Gasteiger partial charge in [-0.3, -0.25) is 0 Å². The van der Waals surface area contributed by atoms with Crippen LogP contribution in [0.1, 0.15) is 43.7 Å². The molecule has 0 spiro atoms. The molecule has 0 heterocycles. The molecule has 1 aliphatic rings. The van der Waals surface area contributed by atoms with E-state index < -0.39 is 0 Å². The number of ether oxygens (including phenoxy) is 1. The van der Waals surface area contributed by atoms with Crippen molar-refractivity contribution in [2.24, 2.45) is 5.92 Å². The fourth-order valence-corrected chi connectivity index (χ4v) is 2.57. The van der Waals surface area contributed by atoms with Gasteiger partial charge in [-0.2, -0.15) is 5.26 Å². The van der Waals surface area contributed by atoms with Gasteiger partial charge in [-0.1, -0.05) is 25.5 Å². The summed E-state index contributed by atoms with van der Waals surface area (Å²) < 4.78 is 5.45. The highest BCUT2D eigenvalue weighted by Gasteiger charge is 2.21. The normalized spacial score (nSPS) is 22.4. The molecule has 1 aromatic carbocycles. The molecule has 0 aliphatic heterocycles. The van der Waals surface area contributed by atoms with Gasteiger partial charge in [-0.15, -0.1) is 0 Å². The summed E-state index contributed by atoms with van der Waals surface area (Å²) in [7, 11) is 0. The number of carbonyl (C=O) groups is 1. The number of benzene rings is 1. The molecule has 2 unspecified atom stereocenters. The summed E-state index contributed by atoms with van der Waals surface area (Å²) in [4.78, 5) is 11.8. The van der Waals surface area contributed by atoms with Crippen molar-refractivity contribution in [2.75, 3.05) is 0 Å². The molecule has 104 valence electrons. The first-order valence-corrected chi connectivity index (χ1v) is 7.06. The third-order valence-corrected chi connectivity index (χ3v) is 3.60. The number of rotatable bonds is 3. The van der Waals surface area contributed by atoms with Crippen LogP contribution in [0.25, 0.3) is 6.08 Å². The van der Waals surface area contributed by atoms with Gasteiger partial charge in [0.2, 0.25) is 0 Å². The van der Waals surface area contributed by atoms with Gasteiger partial charge in [0.15, 0.2) is 0 Å². The lowest BCUT2D eigenvalue weighted by Crippen LogP contribution is -2.23. The average molecular weight is 269 g/mol. The zero-order chi connectivity index (χ0) is 14.4. The molecule has 1 saturated carbocycles. The van der Waals surface area contributed by atoms with Crippen molar-refractivity contribution in [1.29, 1.82) is 5.26 Å². The first-order valence-electron chi connectivity index (χ1n) is 7.06. The van der Waals surface area contributed by atoms with Crippen molar-refractivity contribution in [2.45, 2.75) is 38.7 Å². The van der Waals surface area contributed by atoms with E-state index in [1.807, 2.05) is 6.07 Å². The Morgan fingerprint density at radius 1 is 1.45 bits per heavy atom. The number of esters is 1. The van der Waals surface area contributed by atoms with E-state index in [0.717, 1.165) is 24.8 Å². The lowest BCUT2D eigenvalue weighted by Gasteiger charge is -2.25. The predicted molar refractivity (Wildman–Crippen MR) is 77.7 cm³/mol. The predicted octanol–water partition coefficient (Wildman–Crippen LogP) is 3.69. The second-order valence-corrected chi connectivity index (χ2v) is 5.40. The number of carbonyl (C=O) groups excluding carboxylic acids is 1. The Labute approximate surface area is 119 Å². The third-order valence-electron chi connectivity index (χ3n) is 3.60. The quantitative estimate of drug-likeness (QED) is 0.621. The van der Waals surface area contributed by atoms with Crippen LogP contribution < -0.4 is 0 Å². The van der Waals surface area contributed by atoms with Gasteiger partial charge in [-0.25, -0.2) is 4.79 Å². The monoisotopic (exact) mass is 269 g/mol. The lowest BCUT2D eigenvalue weighted by atomic mass is 9.89. The summed E-state index contributed by atoms with van der Waals surface area (Å²) in [6, 6.07) is 9.21. The SMILES string of the molecule is CC1CCCC(OC(=O)/C=C/c2cccc(C#N)c2)C1. The first-order chi connectivity index (χ1) is 9.67. The van der Waals surface area contributed by atoms with E-state index >= 15 is 0 Å². The van der Waals surface area contributed by atoms with Crippen LogP contribution in [-0.4, -0.2) is 12.1 Å². The molecule has 0 aromatic heterocycles. The minimum absolute atomic E-state index is 0.0568. The summed E-state index contributed by atoms with van der Waals surface area (Å²) in [5.41, 5.74) is 1.42. The molecule has 0 N–H and O–H groups in total. The maximum absolute atomic E-state index is 11.8. The van der Waals surface area contributed by atoms with Gasteiger partial charge in [0.05, 0.1) is 11.6 Å². The van der Waals surface area contributed by atoms with Crippen molar-refractivity contribution < 1.29 is 9.53 Å². The maximum Gasteiger partial charge on any atom is 0.331 e. The zero-order valence-electron chi connectivity index (χ0n) is 11.7. The fraction of sp³-hybridized carbons (Fsp3) is 0.412. The van der Waals surface area contributed by atoms with Gasteiger partial charge in [0.1, 0.15) is 6.10 Å². The molecular weight excluding hydrogens is 250 g/mol. The van der Waals surface area contributed by atoms with Gasteiger partial charge in [0.25, 0.3) is 0 Å². The van der Waals surface area contributed by atoms with E-state index in [9.17, 15) is 4.79 Å². The smallest absolute Gasteiger partial charge is 0.331 e. The van der Waals surface area contributed by atoms with Crippen LogP contribution in [0.3, 0.4) is 0 Å². The topological polar surface area (TPSA) is 50.1 Å². The second-order valence-electron chi connectivity index (χ2n) is 5.40. The van der Waals surface area contributed by atoms with Gasteiger partial charge in [0, 0.05) is 6.08 Å². The Morgan fingerprint density at radius 2 is 2.30 bits per heavy atom. The molecule has 1 aromatic rings. The molecule has 1 fully saturated rings. The molecule has 20 heavy (non-hydrogen) atoms. The second kappa shape index (κ2) is 6.91. The summed E-state index contributed by atoms with van der Waals surface area (Å²) in [6.07, 6.45) is 7.47. The molecule has 2 atom stereocenters. The summed E-state index contributed by atoms with van der Waals surface area (Å²) in [5.74, 6) is 0.337. The van der Waals surface area contributed by atoms with Crippen LogP contribution >= 0.6 is 0 Å². The van der Waals surface area contributed by atoms with Crippen molar-refractivity contribution in [3.05, 3.63) is 41.5 Å². The summed E-state index contributed by atoms with van der Waals surface area (Å²) in [6.45, 7) is 2.20. The van der Waals surface area contributed by atoms with E-state index in [4.69, 9.17) is 10.00 Å². The molecule has 2 rings (SSSR count). The third kappa shape index (κ3) is 4.24. The van der Waals surface area contributed by atoms with Crippen LogP contribution in [0.15, 0.2) is 30.3 Å². The maximum atomic E-state index is 11.8. The zero-order valence-corrected chi connectivity index (χ0v) is 11.7. The van der Waals surface area contributed by atoms with Crippen LogP contribution in [0.5, 0.6) is 0 Å². The van der Waals surface area contributed by atoms with Crippen molar-refractivity contribution in [1.82, 2.24) is 0 Å². The molecule has 0 saturated heterocycles. The Hall–Kier alpha value is -2.08. The Morgan fingerprint density at radius 3 is 3.05 bits per heavy atom. The standard InChI is InChI=1S/C17H19NO2/c1-13-4-2-7-16(10-13)20-17(19)9-8-14-5-3-6-15(11-14)12-18/h3,5-6,8-9,11,13,16H,2,4,7,10H2,1H3/b9-8+. The Bertz CT molecular complexity index is 542. The van der Waals surface area contributed by atoms with Crippen LogP contribution in [-0.2, 0) is 9.53 Å². The molecule has 3 nitrogen and oxygen atoms in total. The van der Waals surface area contributed by atoms with E-state index in [2.05, 4.69) is 13.0 Å². The largest absolute Gasteiger partial charge is 0.459 e. The number of nitriles is 1. The van der Waals surface area contributed by atoms with Gasteiger partial charge in [-0.05, 0) is 49.0 Å². The molecule has 0 bridgehead atoms. The highest BCUT2D eigenvalue weighted by Crippen LogP contribution is 2.25. The molecule has 0 amide bonds. The van der Waals surface area contributed by atoms with Crippen molar-refractivity contribution in [3.63, 3.8) is 0 Å². The highest BCUT2D eigenvalue weighted by molar-refractivity contribution is 5.87. The van der Waals surface area contributed by atoms with Crippen molar-refractivity contribution in [3.8, 4) is 6.07 Å². The van der Waals surface area contributed by atoms with E-state index in [0.29, 0.717) is 11.5 Å². The van der Waals surface area contributed by atoms with Crippen LogP contribution in [0.4, 0.5) is 0 Å². The van der Waals surface area contributed by atoms with E-state index in [1.165, 1.54) is 12.5 Å². The van der Waals surface area contributed by atoms with Crippen LogP contribution in [0, 0.1) is 17.2 Å². The van der Waals surface area contributed by atoms with Gasteiger partial charge < -0.3 is 4.74 Å². The van der Waals surface area contributed by atoms with Crippen LogP contribution in [0.2, 0.25) is 0 Å². The lowest BCUT2D eigenvalue weighted by molar-refractivity contribution is -0.144. The average Bonchev–Trinajstić information content (AvgIpc) is 2.45. The minimum Gasteiger partial charge on any atom is -0.459 e. The molecule has 0 radical (unpaired) electrons. The minimum atomic E-state index is -0.300. The summed E-state index contributed by atoms with van der Waals surface area (Å²) >= 11 is 0. The first kappa shape index (κ1) is 14.3. The van der Waals surface area contributed by atoms with E-state index in [1.54, 1.807) is 24.3 Å². The molecular formula is C17H19NO2. The summed E-state index contributed by atoms with van der Waals surface area (Å²) in [5, 5.41) is 8.81. The van der Waals surface area contributed by atoms with E-state index in [-0.39, 0.29) is 12.1 Å². The molecule has 1 aliphatic carbocycles. The fourth-order valence-electron chi connectivity index (χ4n) is 2.57. The molecule has 3 heteroatoms. The number of hydrogen-bond acceptors (Lipinski definition) is 3. The van der Waals surface area contributed by atoms with Crippen molar-refractivity contribution >= 4 is 12.0 Å². The Kier molecular flexibility index (Phi) is 4.95. The number of hydrogen-bond donors (Lipinski definition) is 0. The van der Waals surface area contributed by atoms with Gasteiger partial charge >= 0.3 is 5.97 Å². The number of nitrogens with zero attached hydrogens (tertiary/aromatic N) is 1.